The maximum Gasteiger partial charge on any atom is 0.328 e. The van der Waals surface area contributed by atoms with E-state index in [0.29, 0.717) is 36.7 Å². The Labute approximate surface area is 219 Å². The maximum absolute atomic E-state index is 12.8. The van der Waals surface area contributed by atoms with Crippen LogP contribution >= 0.6 is 0 Å². The fourth-order valence-corrected chi connectivity index (χ4v) is 5.61. The van der Waals surface area contributed by atoms with Crippen molar-refractivity contribution in [1.82, 2.24) is 15.6 Å². The smallest absolute Gasteiger partial charge is 0.328 e. The lowest BCUT2D eigenvalue weighted by Crippen LogP contribution is -2.71. The van der Waals surface area contributed by atoms with Gasteiger partial charge in [0, 0.05) is 24.8 Å². The van der Waals surface area contributed by atoms with Crippen LogP contribution in [0.3, 0.4) is 0 Å². The fourth-order valence-electron chi connectivity index (χ4n) is 5.61. The van der Waals surface area contributed by atoms with Crippen LogP contribution in [0.25, 0.3) is 0 Å². The number of urea groups is 1. The molecule has 1 aromatic heterocycles. The minimum Gasteiger partial charge on any atom is -0.497 e. The highest BCUT2D eigenvalue weighted by Crippen LogP contribution is 2.43. The Kier molecular flexibility index (Phi) is 5.86. The third-order valence-corrected chi connectivity index (χ3v) is 7.40. The first-order valence-corrected chi connectivity index (χ1v) is 12.6. The molecule has 0 radical (unpaired) electrons. The summed E-state index contributed by atoms with van der Waals surface area (Å²) >= 11 is 0. The molecule has 38 heavy (non-hydrogen) atoms. The molecule has 4 heterocycles. The number of barbiturate groups is 1. The number of anilines is 3. The molecule has 10 heteroatoms. The van der Waals surface area contributed by atoms with Crippen molar-refractivity contribution in [3.05, 3.63) is 66.4 Å². The van der Waals surface area contributed by atoms with E-state index in [1.54, 1.807) is 30.3 Å². The molecule has 194 valence electrons. The number of fused-ring (bicyclic) bond motifs is 1. The number of aromatic nitrogens is 1. The predicted molar refractivity (Wildman–Crippen MR) is 140 cm³/mol. The number of amides is 4. The number of imide groups is 2. The van der Waals surface area contributed by atoms with Gasteiger partial charge in [-0.25, -0.2) is 9.78 Å². The molecule has 2 aromatic carbocycles. The number of benzene rings is 2. The minimum absolute atomic E-state index is 0.313. The van der Waals surface area contributed by atoms with Crippen molar-refractivity contribution in [3.63, 3.8) is 0 Å². The summed E-state index contributed by atoms with van der Waals surface area (Å²) in [5.74, 6) is 0.662. The second-order valence-corrected chi connectivity index (χ2v) is 9.53. The van der Waals surface area contributed by atoms with E-state index in [-0.39, 0.29) is 0 Å². The van der Waals surface area contributed by atoms with Gasteiger partial charge in [0.05, 0.1) is 24.7 Å². The summed E-state index contributed by atoms with van der Waals surface area (Å²) in [5, 5.41) is 4.46. The highest BCUT2D eigenvalue weighted by Gasteiger charge is 2.57. The Bertz CT molecular complexity index is 1390. The van der Waals surface area contributed by atoms with E-state index in [0.717, 1.165) is 36.5 Å². The van der Waals surface area contributed by atoms with Crippen molar-refractivity contribution < 1.29 is 23.9 Å². The van der Waals surface area contributed by atoms with Crippen molar-refractivity contribution in [2.75, 3.05) is 30.0 Å². The van der Waals surface area contributed by atoms with Crippen molar-refractivity contribution in [1.29, 1.82) is 0 Å². The molecule has 2 fully saturated rings. The van der Waals surface area contributed by atoms with Gasteiger partial charge in [0.1, 0.15) is 5.75 Å². The molecule has 0 unspecified atom stereocenters. The van der Waals surface area contributed by atoms with Crippen molar-refractivity contribution >= 4 is 34.9 Å². The molecule has 2 saturated heterocycles. The Morgan fingerprint density at radius 2 is 1.66 bits per heavy atom. The van der Waals surface area contributed by atoms with E-state index in [1.807, 2.05) is 36.4 Å². The fraction of sp³-hybridized carbons (Fsp3) is 0.286. The summed E-state index contributed by atoms with van der Waals surface area (Å²) in [6, 6.07) is 16.7. The van der Waals surface area contributed by atoms with Gasteiger partial charge in [0.25, 0.3) is 11.8 Å². The van der Waals surface area contributed by atoms with Gasteiger partial charge in [-0.1, -0.05) is 12.1 Å². The summed E-state index contributed by atoms with van der Waals surface area (Å²) < 4.78 is 11.6. The lowest BCUT2D eigenvalue weighted by molar-refractivity contribution is -0.137. The van der Waals surface area contributed by atoms with Gasteiger partial charge in [-0.2, -0.15) is 0 Å². The molecule has 10 nitrogen and oxygen atoms in total. The number of nitrogens with one attached hydrogen (secondary N) is 2. The summed E-state index contributed by atoms with van der Waals surface area (Å²) in [4.78, 5) is 45.6. The van der Waals surface area contributed by atoms with Gasteiger partial charge >= 0.3 is 6.03 Å². The molecule has 0 saturated carbocycles. The molecular formula is C28H27N5O5. The van der Waals surface area contributed by atoms with E-state index in [9.17, 15) is 14.4 Å². The zero-order valence-corrected chi connectivity index (χ0v) is 20.9. The molecule has 0 aliphatic carbocycles. The zero-order valence-electron chi connectivity index (χ0n) is 20.9. The quantitative estimate of drug-likeness (QED) is 0.497. The van der Waals surface area contributed by atoms with Crippen LogP contribution in [0.2, 0.25) is 0 Å². The first-order valence-electron chi connectivity index (χ1n) is 12.6. The van der Waals surface area contributed by atoms with E-state index in [2.05, 4.69) is 26.6 Å². The number of hydrogen-bond donors (Lipinski definition) is 2. The number of carbonyl (C=O) groups is 3. The molecule has 6 rings (SSSR count). The Morgan fingerprint density at radius 1 is 0.895 bits per heavy atom. The summed E-state index contributed by atoms with van der Waals surface area (Å²) in [7, 11) is 1.65. The van der Waals surface area contributed by atoms with Gasteiger partial charge in [0.2, 0.25) is 5.88 Å². The number of methoxy groups -OCH3 is 1. The Balaban J connectivity index is 1.27. The lowest BCUT2D eigenvalue weighted by atomic mass is 9.92. The number of ether oxygens (including phenoxy) is 2. The van der Waals surface area contributed by atoms with Crippen LogP contribution in [0.15, 0.2) is 60.8 Å². The molecule has 4 amide bonds. The molecule has 0 atom stereocenters. The predicted octanol–water partition coefficient (Wildman–Crippen LogP) is 3.67. The van der Waals surface area contributed by atoms with Crippen LogP contribution in [0.4, 0.5) is 21.9 Å². The number of aryl methyl sites for hydroxylation is 1. The van der Waals surface area contributed by atoms with E-state index >= 15 is 0 Å². The van der Waals surface area contributed by atoms with Crippen LogP contribution in [0.5, 0.6) is 17.4 Å². The Hall–Kier alpha value is -4.60. The second-order valence-electron chi connectivity index (χ2n) is 9.53. The third-order valence-electron chi connectivity index (χ3n) is 7.40. The summed E-state index contributed by atoms with van der Waals surface area (Å²) in [6.45, 7) is 1.34. The Morgan fingerprint density at radius 3 is 2.37 bits per heavy atom. The average Bonchev–Trinajstić information content (AvgIpc) is 3.39. The van der Waals surface area contributed by atoms with E-state index in [4.69, 9.17) is 9.47 Å². The second kappa shape index (κ2) is 9.37. The van der Waals surface area contributed by atoms with Crippen LogP contribution in [-0.4, -0.2) is 48.6 Å². The monoisotopic (exact) mass is 513 g/mol. The highest BCUT2D eigenvalue weighted by atomic mass is 16.5. The molecule has 1 spiro atoms. The van der Waals surface area contributed by atoms with E-state index < -0.39 is 23.4 Å². The SMILES string of the molecule is COc1ccc(N2CCCc3cccc(Oc4ccc(N5CCCC56C(=O)NC(=O)NC6=O)cn4)c32)cc1. The molecular weight excluding hydrogens is 486 g/mol. The number of rotatable bonds is 5. The van der Waals surface area contributed by atoms with Crippen molar-refractivity contribution in [2.24, 2.45) is 0 Å². The third kappa shape index (κ3) is 3.89. The topological polar surface area (TPSA) is 113 Å². The minimum atomic E-state index is -1.46. The normalized spacial score (nSPS) is 18.2. The van der Waals surface area contributed by atoms with Crippen LogP contribution < -0.4 is 29.9 Å². The molecule has 0 bridgehead atoms. The van der Waals surface area contributed by atoms with Gasteiger partial charge in [-0.3, -0.25) is 20.2 Å². The standard InChI is InChI=1S/C28H27N5O5/c1-37-21-11-8-19(9-12-21)32-15-3-6-18-5-2-7-22(24(18)32)38-23-13-10-20(17-29-23)33-16-4-14-28(33)25(34)30-27(36)31-26(28)35/h2,5,7-13,17H,3-4,6,14-16H2,1H3,(H2,30,31,34,35,36). The first kappa shape index (κ1) is 23.8. The van der Waals surface area contributed by atoms with Crippen LogP contribution in [-0.2, 0) is 16.0 Å². The van der Waals surface area contributed by atoms with Crippen molar-refractivity contribution in [3.8, 4) is 17.4 Å². The summed E-state index contributed by atoms with van der Waals surface area (Å²) in [6.07, 6.45) is 4.52. The number of nitrogens with zero attached hydrogens (tertiary/aromatic N) is 3. The first-order chi connectivity index (χ1) is 18.5. The number of pyridine rings is 1. The number of carbonyl (C=O) groups excluding carboxylic acids is 3. The lowest BCUT2D eigenvalue weighted by Gasteiger charge is -2.38. The summed E-state index contributed by atoms with van der Waals surface area (Å²) in [5.41, 5.74) is 2.39. The number of para-hydroxylation sites is 1. The largest absolute Gasteiger partial charge is 0.497 e. The van der Waals surface area contributed by atoms with Crippen molar-refractivity contribution in [2.45, 2.75) is 31.2 Å². The molecule has 3 aromatic rings. The van der Waals surface area contributed by atoms with Gasteiger partial charge in [-0.15, -0.1) is 0 Å². The zero-order chi connectivity index (χ0) is 26.3. The maximum atomic E-state index is 12.8. The molecule has 3 aliphatic rings. The van der Waals surface area contributed by atoms with Crippen LogP contribution in [0.1, 0.15) is 24.8 Å². The molecule has 2 N–H and O–H groups in total. The highest BCUT2D eigenvalue weighted by molar-refractivity contribution is 6.24. The van der Waals surface area contributed by atoms with Gasteiger partial charge in [0.15, 0.2) is 11.3 Å². The van der Waals surface area contributed by atoms with Crippen LogP contribution in [0, 0.1) is 0 Å². The van der Waals surface area contributed by atoms with Gasteiger partial charge < -0.3 is 19.3 Å². The average molecular weight is 514 g/mol. The molecule has 3 aliphatic heterocycles. The van der Waals surface area contributed by atoms with E-state index in [1.165, 1.54) is 5.56 Å². The number of hydrogen-bond acceptors (Lipinski definition) is 8. The van der Waals surface area contributed by atoms with Gasteiger partial charge in [-0.05, 0) is 67.6 Å².